The fourth-order valence-electron chi connectivity index (χ4n) is 1.46. The van der Waals surface area contributed by atoms with E-state index in [1.165, 1.54) is 0 Å². The predicted molar refractivity (Wildman–Crippen MR) is 47.0 cm³/mol. The number of hydrogen-bond donors (Lipinski definition) is 0. The van der Waals surface area contributed by atoms with Gasteiger partial charge < -0.3 is 4.90 Å². The molecule has 4 heteroatoms. The zero-order chi connectivity index (χ0) is 10.2. The first-order valence-electron chi connectivity index (χ1n) is 4.36. The van der Waals surface area contributed by atoms with E-state index in [2.05, 4.69) is 6.07 Å². The van der Waals surface area contributed by atoms with Crippen molar-refractivity contribution in [2.75, 3.05) is 18.0 Å². The third kappa shape index (κ3) is 1.69. The summed E-state index contributed by atoms with van der Waals surface area (Å²) in [5.41, 5.74) is 0.744. The molecule has 1 aromatic rings. The maximum absolute atomic E-state index is 12.2. The topological polar surface area (TPSA) is 3.24 Å². The minimum Gasteiger partial charge on any atom is -0.370 e. The summed E-state index contributed by atoms with van der Waals surface area (Å²) in [6.45, 7) is 0.119. The smallest absolute Gasteiger partial charge is 0.370 e. The SMILES string of the molecule is FC(F)(F)C1CN(c2[c]cccc2)C1. The summed E-state index contributed by atoms with van der Waals surface area (Å²) in [4.78, 5) is 1.68. The van der Waals surface area contributed by atoms with E-state index in [9.17, 15) is 13.2 Å². The van der Waals surface area contributed by atoms with Crippen LogP contribution in [0, 0.1) is 12.0 Å². The van der Waals surface area contributed by atoms with Crippen LogP contribution >= 0.6 is 0 Å². The first-order chi connectivity index (χ1) is 6.57. The number of para-hydroxylation sites is 1. The summed E-state index contributed by atoms with van der Waals surface area (Å²) in [7, 11) is 0. The van der Waals surface area contributed by atoms with Crippen molar-refractivity contribution in [2.24, 2.45) is 5.92 Å². The normalized spacial score (nSPS) is 18.1. The Balaban J connectivity index is 1.96. The van der Waals surface area contributed by atoms with Gasteiger partial charge in [0.15, 0.2) is 0 Å². The van der Waals surface area contributed by atoms with Crippen LogP contribution in [0.3, 0.4) is 0 Å². The third-order valence-electron chi connectivity index (χ3n) is 2.38. The van der Waals surface area contributed by atoms with Gasteiger partial charge in [-0.3, -0.25) is 0 Å². The molecule has 0 saturated carbocycles. The second-order valence-electron chi connectivity index (χ2n) is 3.39. The molecule has 0 bridgehead atoms. The molecule has 1 aliphatic rings. The minimum absolute atomic E-state index is 0.0595. The van der Waals surface area contributed by atoms with Gasteiger partial charge in [-0.05, 0) is 6.07 Å². The molecular weight excluding hydrogens is 191 g/mol. The zero-order valence-corrected chi connectivity index (χ0v) is 7.38. The second kappa shape index (κ2) is 3.19. The third-order valence-corrected chi connectivity index (χ3v) is 2.38. The number of benzene rings is 1. The fourth-order valence-corrected chi connectivity index (χ4v) is 1.46. The lowest BCUT2D eigenvalue weighted by atomic mass is 9.99. The molecule has 1 fully saturated rings. The number of alkyl halides is 3. The van der Waals surface area contributed by atoms with E-state index in [-0.39, 0.29) is 13.1 Å². The van der Waals surface area contributed by atoms with Gasteiger partial charge in [-0.1, -0.05) is 18.2 Å². The average molecular weight is 200 g/mol. The van der Waals surface area contributed by atoms with Crippen LogP contribution in [-0.2, 0) is 0 Å². The Morgan fingerprint density at radius 3 is 2.50 bits per heavy atom. The van der Waals surface area contributed by atoms with Crippen LogP contribution in [0.2, 0.25) is 0 Å². The van der Waals surface area contributed by atoms with Crippen LogP contribution in [0.1, 0.15) is 0 Å². The number of rotatable bonds is 1. The van der Waals surface area contributed by atoms with Crippen LogP contribution in [-0.4, -0.2) is 19.3 Å². The van der Waals surface area contributed by atoms with Crippen LogP contribution in [0.4, 0.5) is 18.9 Å². The maximum Gasteiger partial charge on any atom is 0.395 e. The summed E-state index contributed by atoms with van der Waals surface area (Å²) >= 11 is 0. The van der Waals surface area contributed by atoms with Crippen molar-refractivity contribution >= 4 is 5.69 Å². The van der Waals surface area contributed by atoms with Crippen molar-refractivity contribution in [1.29, 1.82) is 0 Å². The van der Waals surface area contributed by atoms with Crippen LogP contribution in [0.15, 0.2) is 24.3 Å². The van der Waals surface area contributed by atoms with E-state index < -0.39 is 12.1 Å². The van der Waals surface area contributed by atoms with Gasteiger partial charge in [0.1, 0.15) is 0 Å². The number of anilines is 1. The summed E-state index contributed by atoms with van der Waals surface area (Å²) in [5, 5.41) is 0. The monoisotopic (exact) mass is 200 g/mol. The standard InChI is InChI=1S/C10H9F3N/c11-10(12,13)8-6-14(7-8)9-4-2-1-3-5-9/h1-4,8H,6-7H2. The molecule has 0 amide bonds. The highest BCUT2D eigenvalue weighted by atomic mass is 19.4. The highest BCUT2D eigenvalue weighted by molar-refractivity contribution is 5.47. The van der Waals surface area contributed by atoms with E-state index in [0.717, 1.165) is 5.69 Å². The predicted octanol–water partition coefficient (Wildman–Crippen LogP) is 2.49. The molecule has 1 aliphatic heterocycles. The van der Waals surface area contributed by atoms with Crippen molar-refractivity contribution in [2.45, 2.75) is 6.18 Å². The van der Waals surface area contributed by atoms with E-state index >= 15 is 0 Å². The highest BCUT2D eigenvalue weighted by Gasteiger charge is 2.47. The highest BCUT2D eigenvalue weighted by Crippen LogP contribution is 2.35. The van der Waals surface area contributed by atoms with Gasteiger partial charge in [-0.2, -0.15) is 13.2 Å². The lowest BCUT2D eigenvalue weighted by Gasteiger charge is -2.41. The molecule has 14 heavy (non-hydrogen) atoms. The van der Waals surface area contributed by atoms with E-state index in [1.54, 1.807) is 29.2 Å². The number of hydrogen-bond acceptors (Lipinski definition) is 1. The van der Waals surface area contributed by atoms with Crippen molar-refractivity contribution in [1.82, 2.24) is 0 Å². The molecule has 0 aliphatic carbocycles. The summed E-state index contributed by atoms with van der Waals surface area (Å²) in [5.74, 6) is -1.17. The summed E-state index contributed by atoms with van der Waals surface area (Å²) in [6, 6.07) is 9.97. The molecule has 2 rings (SSSR count). The van der Waals surface area contributed by atoms with E-state index in [4.69, 9.17) is 0 Å². The van der Waals surface area contributed by atoms with Crippen molar-refractivity contribution < 1.29 is 13.2 Å². The Hall–Kier alpha value is -1.19. The quantitative estimate of drug-likeness (QED) is 0.673. The maximum atomic E-state index is 12.2. The first-order valence-corrected chi connectivity index (χ1v) is 4.36. The molecule has 1 saturated heterocycles. The molecule has 1 aromatic carbocycles. The van der Waals surface area contributed by atoms with Gasteiger partial charge in [0.05, 0.1) is 5.92 Å². The Kier molecular flexibility index (Phi) is 2.13. The second-order valence-corrected chi connectivity index (χ2v) is 3.39. The van der Waals surface area contributed by atoms with Gasteiger partial charge >= 0.3 is 6.18 Å². The van der Waals surface area contributed by atoms with Gasteiger partial charge in [0.2, 0.25) is 0 Å². The lowest BCUT2D eigenvalue weighted by molar-refractivity contribution is -0.180. The van der Waals surface area contributed by atoms with Crippen LogP contribution in [0.25, 0.3) is 0 Å². The van der Waals surface area contributed by atoms with Crippen molar-refractivity contribution in [3.63, 3.8) is 0 Å². The molecule has 75 valence electrons. The molecular formula is C10H9F3N. The molecule has 0 spiro atoms. The lowest BCUT2D eigenvalue weighted by Crippen LogP contribution is -2.53. The van der Waals surface area contributed by atoms with Crippen LogP contribution < -0.4 is 4.90 Å². The van der Waals surface area contributed by atoms with Gasteiger partial charge in [0.25, 0.3) is 0 Å². The molecule has 1 heterocycles. The minimum atomic E-state index is -4.05. The zero-order valence-electron chi connectivity index (χ0n) is 7.38. The summed E-state index contributed by atoms with van der Waals surface area (Å²) in [6.07, 6.45) is -4.05. The largest absolute Gasteiger partial charge is 0.395 e. The van der Waals surface area contributed by atoms with Gasteiger partial charge in [-0.15, -0.1) is 0 Å². The van der Waals surface area contributed by atoms with Gasteiger partial charge in [-0.25, -0.2) is 0 Å². The van der Waals surface area contributed by atoms with Gasteiger partial charge in [0, 0.05) is 24.8 Å². The number of halogens is 3. The molecule has 0 aromatic heterocycles. The molecule has 0 unspecified atom stereocenters. The summed E-state index contributed by atoms with van der Waals surface area (Å²) < 4.78 is 36.5. The number of nitrogens with zero attached hydrogens (tertiary/aromatic N) is 1. The molecule has 1 radical (unpaired) electrons. The molecule has 0 atom stereocenters. The molecule has 1 nitrogen and oxygen atoms in total. The first kappa shape index (κ1) is 9.37. The van der Waals surface area contributed by atoms with Crippen molar-refractivity contribution in [3.8, 4) is 0 Å². The van der Waals surface area contributed by atoms with E-state index in [0.29, 0.717) is 0 Å². The van der Waals surface area contributed by atoms with E-state index in [1.807, 2.05) is 0 Å². The Morgan fingerprint density at radius 2 is 2.00 bits per heavy atom. The Labute approximate surface area is 80.1 Å². The van der Waals surface area contributed by atoms with Crippen LogP contribution in [0.5, 0.6) is 0 Å². The molecule has 0 N–H and O–H groups in total. The Bertz CT molecular complexity index is 301. The Morgan fingerprint density at radius 1 is 1.29 bits per heavy atom. The fraction of sp³-hybridized carbons (Fsp3) is 0.400. The van der Waals surface area contributed by atoms with Crippen molar-refractivity contribution in [3.05, 3.63) is 30.3 Å². The average Bonchev–Trinajstić information content (AvgIpc) is 2.00.